The normalized spacial score (nSPS) is 18.5. The Bertz CT molecular complexity index is 1250. The van der Waals surface area contributed by atoms with Crippen LogP contribution < -0.4 is 23.7 Å². The lowest BCUT2D eigenvalue weighted by Crippen LogP contribution is -2.31. The van der Waals surface area contributed by atoms with Crippen LogP contribution in [0.2, 0.25) is 0 Å². The van der Waals surface area contributed by atoms with E-state index in [1.807, 2.05) is 12.1 Å². The number of H-pyrrole nitrogens is 1. The number of benzene rings is 2. The Hall–Kier alpha value is -4.39. The first-order valence-corrected chi connectivity index (χ1v) is 9.64. The van der Waals surface area contributed by atoms with Gasteiger partial charge in [0.05, 0.1) is 31.5 Å². The van der Waals surface area contributed by atoms with Gasteiger partial charge in [-0.2, -0.15) is 5.26 Å². The van der Waals surface area contributed by atoms with Crippen molar-refractivity contribution in [1.29, 1.82) is 10.7 Å². The van der Waals surface area contributed by atoms with Crippen molar-refractivity contribution in [3.05, 3.63) is 41.5 Å². The minimum absolute atomic E-state index is 0.145. The van der Waals surface area contributed by atoms with Gasteiger partial charge in [-0.15, -0.1) is 5.10 Å². The molecule has 3 aromatic rings. The van der Waals surface area contributed by atoms with Crippen LogP contribution in [0.1, 0.15) is 17.0 Å². The number of hydrogen-bond acceptors (Lipinski definition) is 9. The Morgan fingerprint density at radius 2 is 1.88 bits per heavy atom. The van der Waals surface area contributed by atoms with Gasteiger partial charge in [0.25, 0.3) is 0 Å². The first-order valence-electron chi connectivity index (χ1n) is 9.64. The highest BCUT2D eigenvalue weighted by atomic mass is 16.7. The summed E-state index contributed by atoms with van der Waals surface area (Å²) in [5, 5.41) is 35.7. The maximum atomic E-state index is 10.3. The number of nitrogens with one attached hydrogen (secondary N) is 2. The predicted molar refractivity (Wildman–Crippen MR) is 111 cm³/mol. The van der Waals surface area contributed by atoms with Gasteiger partial charge in [0.15, 0.2) is 23.0 Å². The maximum Gasteiger partial charge on any atom is 0.244 e. The van der Waals surface area contributed by atoms with Crippen molar-refractivity contribution < 1.29 is 28.8 Å². The summed E-state index contributed by atoms with van der Waals surface area (Å²) < 4.78 is 27.0. The number of aromatic nitrogens is 2. The Kier molecular flexibility index (Phi) is 4.52. The first kappa shape index (κ1) is 19.6. The third-order valence-electron chi connectivity index (χ3n) is 5.56. The van der Waals surface area contributed by atoms with Gasteiger partial charge in [0, 0.05) is 11.5 Å². The van der Waals surface area contributed by atoms with E-state index in [1.165, 1.54) is 14.2 Å². The molecule has 0 aliphatic carbocycles. The SMILES string of the molecule is COc1cc(C2c3c(n[nH]c3-c3ccc4c(c3)OCO4)OC(=N)C2C#N)cc(OC)c1O. The number of phenols is 1. The molecule has 3 heterocycles. The quantitative estimate of drug-likeness (QED) is 0.568. The number of ether oxygens (including phenoxy) is 5. The van der Waals surface area contributed by atoms with Crippen molar-refractivity contribution in [1.82, 2.24) is 10.2 Å². The molecule has 10 heteroatoms. The van der Waals surface area contributed by atoms with Crippen LogP contribution in [0.3, 0.4) is 0 Å². The molecule has 2 aliphatic heterocycles. The van der Waals surface area contributed by atoms with Crippen molar-refractivity contribution in [2.24, 2.45) is 5.92 Å². The molecule has 0 spiro atoms. The highest BCUT2D eigenvalue weighted by Gasteiger charge is 2.41. The lowest BCUT2D eigenvalue weighted by atomic mass is 9.78. The van der Waals surface area contributed by atoms with Gasteiger partial charge in [0.2, 0.25) is 24.3 Å². The molecule has 0 saturated carbocycles. The van der Waals surface area contributed by atoms with E-state index in [1.54, 1.807) is 18.2 Å². The second-order valence-corrected chi connectivity index (χ2v) is 7.21. The number of methoxy groups -OCH3 is 2. The predicted octanol–water partition coefficient (Wildman–Crippen LogP) is 3.17. The molecular formula is C22H18N4O6. The Labute approximate surface area is 182 Å². The summed E-state index contributed by atoms with van der Waals surface area (Å²) in [6.07, 6.45) is 0. The molecule has 0 amide bonds. The summed E-state index contributed by atoms with van der Waals surface area (Å²) in [4.78, 5) is 0. The second-order valence-electron chi connectivity index (χ2n) is 7.21. The van der Waals surface area contributed by atoms with Crippen molar-refractivity contribution in [3.8, 4) is 52.0 Å². The third kappa shape index (κ3) is 2.86. The molecule has 32 heavy (non-hydrogen) atoms. The number of hydrogen-bond donors (Lipinski definition) is 3. The number of aromatic hydroxyl groups is 1. The molecule has 0 bridgehead atoms. The Morgan fingerprint density at radius 3 is 2.56 bits per heavy atom. The summed E-state index contributed by atoms with van der Waals surface area (Å²) in [5.74, 6) is -0.155. The van der Waals surface area contributed by atoms with E-state index in [2.05, 4.69) is 16.3 Å². The van der Waals surface area contributed by atoms with E-state index in [-0.39, 0.29) is 35.8 Å². The van der Waals surface area contributed by atoms with Gasteiger partial charge >= 0.3 is 0 Å². The van der Waals surface area contributed by atoms with Crippen LogP contribution in [0.25, 0.3) is 11.3 Å². The molecule has 10 nitrogen and oxygen atoms in total. The summed E-state index contributed by atoms with van der Waals surface area (Å²) in [5.41, 5.74) is 2.56. The van der Waals surface area contributed by atoms with Crippen LogP contribution in [0.15, 0.2) is 30.3 Å². The van der Waals surface area contributed by atoms with Gasteiger partial charge < -0.3 is 28.8 Å². The summed E-state index contributed by atoms with van der Waals surface area (Å²) in [7, 11) is 2.85. The van der Waals surface area contributed by atoms with Crippen molar-refractivity contribution >= 4 is 5.90 Å². The minimum Gasteiger partial charge on any atom is -0.502 e. The minimum atomic E-state index is -0.938. The molecule has 2 aromatic carbocycles. The monoisotopic (exact) mass is 434 g/mol. The lowest BCUT2D eigenvalue weighted by molar-refractivity contribution is 0.174. The number of rotatable bonds is 4. The highest BCUT2D eigenvalue weighted by Crippen LogP contribution is 2.49. The summed E-state index contributed by atoms with van der Waals surface area (Å²) in [6, 6.07) is 10.8. The average molecular weight is 434 g/mol. The number of nitriles is 1. The lowest BCUT2D eigenvalue weighted by Gasteiger charge is -2.28. The van der Waals surface area contributed by atoms with Crippen molar-refractivity contribution in [2.75, 3.05) is 21.0 Å². The van der Waals surface area contributed by atoms with Gasteiger partial charge in [-0.1, -0.05) is 0 Å². The zero-order valence-electron chi connectivity index (χ0n) is 17.1. The molecule has 0 fully saturated rings. The van der Waals surface area contributed by atoms with E-state index >= 15 is 0 Å². The fourth-order valence-corrected chi connectivity index (χ4v) is 4.04. The first-order chi connectivity index (χ1) is 15.5. The van der Waals surface area contributed by atoms with E-state index in [4.69, 9.17) is 29.1 Å². The van der Waals surface area contributed by atoms with Crippen LogP contribution >= 0.6 is 0 Å². The van der Waals surface area contributed by atoms with Crippen LogP contribution in [0, 0.1) is 22.7 Å². The fourth-order valence-electron chi connectivity index (χ4n) is 4.04. The average Bonchev–Trinajstić information content (AvgIpc) is 3.44. The largest absolute Gasteiger partial charge is 0.502 e. The van der Waals surface area contributed by atoms with E-state index < -0.39 is 11.8 Å². The number of nitrogens with zero attached hydrogens (tertiary/aromatic N) is 2. The number of aromatic amines is 1. The molecule has 0 saturated heterocycles. The Morgan fingerprint density at radius 1 is 1.16 bits per heavy atom. The topological polar surface area (TPSA) is 143 Å². The second kappa shape index (κ2) is 7.39. The molecule has 162 valence electrons. The van der Waals surface area contributed by atoms with E-state index in [9.17, 15) is 10.4 Å². The van der Waals surface area contributed by atoms with Crippen LogP contribution in [-0.2, 0) is 0 Å². The van der Waals surface area contributed by atoms with E-state index in [0.717, 1.165) is 5.56 Å². The van der Waals surface area contributed by atoms with E-state index in [0.29, 0.717) is 28.3 Å². The van der Waals surface area contributed by atoms with Crippen molar-refractivity contribution in [3.63, 3.8) is 0 Å². The van der Waals surface area contributed by atoms with Gasteiger partial charge in [-0.25, -0.2) is 0 Å². The summed E-state index contributed by atoms with van der Waals surface area (Å²) >= 11 is 0. The summed E-state index contributed by atoms with van der Waals surface area (Å²) in [6.45, 7) is 0.145. The highest BCUT2D eigenvalue weighted by molar-refractivity contribution is 5.87. The zero-order valence-corrected chi connectivity index (χ0v) is 17.1. The Balaban J connectivity index is 1.72. The number of fused-ring (bicyclic) bond motifs is 2. The zero-order chi connectivity index (χ0) is 22.4. The molecular weight excluding hydrogens is 416 g/mol. The van der Waals surface area contributed by atoms with Gasteiger partial charge in [-0.3, -0.25) is 10.5 Å². The standard InChI is InChI=1S/C22H18N4O6/c1-28-15-6-11(7-16(29-2)20(15)27)17-12(8-23)21(24)32-22-18(17)19(25-26-22)10-3-4-13-14(5-10)31-9-30-13/h3-7,12,17,24,27H,9H2,1-2H3,(H,25,26). The molecule has 2 unspecified atom stereocenters. The molecule has 1 aromatic heterocycles. The molecule has 2 atom stereocenters. The van der Waals surface area contributed by atoms with Crippen LogP contribution in [0.4, 0.5) is 0 Å². The van der Waals surface area contributed by atoms with Crippen molar-refractivity contribution in [2.45, 2.75) is 5.92 Å². The van der Waals surface area contributed by atoms with Gasteiger partial charge in [-0.05, 0) is 35.9 Å². The molecule has 0 radical (unpaired) electrons. The molecule has 2 aliphatic rings. The third-order valence-corrected chi connectivity index (χ3v) is 5.56. The fraction of sp³-hybridized carbons (Fsp3) is 0.227. The van der Waals surface area contributed by atoms with Gasteiger partial charge in [0.1, 0.15) is 5.92 Å². The smallest absolute Gasteiger partial charge is 0.244 e. The maximum absolute atomic E-state index is 10.3. The molecule has 3 N–H and O–H groups in total. The molecule has 5 rings (SSSR count). The van der Waals surface area contributed by atoms with Crippen LogP contribution in [0.5, 0.6) is 34.6 Å². The van der Waals surface area contributed by atoms with Crippen LogP contribution in [-0.4, -0.2) is 42.2 Å². The number of phenolic OH excluding ortho intramolecular Hbond substituents is 1.